The Morgan fingerprint density at radius 1 is 1.48 bits per heavy atom. The van der Waals surface area contributed by atoms with Crippen molar-refractivity contribution in [2.45, 2.75) is 44.8 Å². The summed E-state index contributed by atoms with van der Waals surface area (Å²) in [5.41, 5.74) is 0.550. The molecule has 2 rings (SSSR count). The zero-order chi connectivity index (χ0) is 16.9. The average molecular weight is 322 g/mol. The van der Waals surface area contributed by atoms with Crippen LogP contribution in [0.15, 0.2) is 12.3 Å². The zero-order valence-corrected chi connectivity index (χ0v) is 14.2. The molecule has 1 saturated heterocycles. The summed E-state index contributed by atoms with van der Waals surface area (Å²) in [6.45, 7) is 3.38. The lowest BCUT2D eigenvalue weighted by Gasteiger charge is -2.41. The largest absolute Gasteiger partial charge is 0.376 e. The van der Waals surface area contributed by atoms with E-state index >= 15 is 0 Å². The van der Waals surface area contributed by atoms with Crippen molar-refractivity contribution in [3.05, 3.63) is 18.0 Å². The number of amides is 2. The first-order valence-corrected chi connectivity index (χ1v) is 8.00. The molecule has 0 aromatic carbocycles. The lowest BCUT2D eigenvalue weighted by atomic mass is 9.87. The molecule has 23 heavy (non-hydrogen) atoms. The van der Waals surface area contributed by atoms with E-state index in [9.17, 15) is 9.59 Å². The van der Waals surface area contributed by atoms with Gasteiger partial charge in [0.25, 0.3) is 0 Å². The fourth-order valence-corrected chi connectivity index (χ4v) is 3.03. The van der Waals surface area contributed by atoms with Crippen LogP contribution in [0.4, 0.5) is 0 Å². The lowest BCUT2D eigenvalue weighted by Crippen LogP contribution is -2.51. The molecular formula is C16H26N4O3. The number of nitrogens with one attached hydrogen (secondary N) is 1. The summed E-state index contributed by atoms with van der Waals surface area (Å²) in [6.07, 6.45) is 4.49. The summed E-state index contributed by atoms with van der Waals surface area (Å²) in [7, 11) is 3.51. The second kappa shape index (κ2) is 7.59. The molecule has 2 amide bonds. The third-order valence-corrected chi connectivity index (χ3v) is 4.61. The van der Waals surface area contributed by atoms with E-state index in [2.05, 4.69) is 10.4 Å². The quantitative estimate of drug-likeness (QED) is 0.842. The normalized spacial score (nSPS) is 21.3. The minimum absolute atomic E-state index is 0.0115. The molecule has 7 heteroatoms. The highest BCUT2D eigenvalue weighted by molar-refractivity contribution is 5.76. The molecule has 7 nitrogen and oxygen atoms in total. The highest BCUT2D eigenvalue weighted by Gasteiger charge is 2.36. The predicted octanol–water partition coefficient (Wildman–Crippen LogP) is 0.844. The van der Waals surface area contributed by atoms with Crippen molar-refractivity contribution in [3.63, 3.8) is 0 Å². The standard InChI is InChI=1S/C16H26N4O3/c1-13(21)20-10-4-7-16(12-20,23-3)8-5-15(22)17-11-14-6-9-18-19(14)2/h6,9H,4-5,7-8,10-12H2,1-3H3,(H,17,22)/t16-/m1/s1. The summed E-state index contributed by atoms with van der Waals surface area (Å²) in [5.74, 6) is 0.0503. The van der Waals surface area contributed by atoms with Gasteiger partial charge in [0.05, 0.1) is 17.8 Å². The molecule has 0 aliphatic carbocycles. The molecule has 1 aliphatic rings. The second-order valence-corrected chi connectivity index (χ2v) is 6.15. The molecule has 1 aromatic heterocycles. The van der Waals surface area contributed by atoms with E-state index in [4.69, 9.17) is 4.74 Å². The number of rotatable bonds is 6. The average Bonchev–Trinajstić information content (AvgIpc) is 2.96. The highest BCUT2D eigenvalue weighted by atomic mass is 16.5. The van der Waals surface area contributed by atoms with Crippen molar-refractivity contribution in [1.82, 2.24) is 20.0 Å². The van der Waals surface area contributed by atoms with E-state index in [0.717, 1.165) is 25.1 Å². The van der Waals surface area contributed by atoms with Crippen molar-refractivity contribution >= 4 is 11.8 Å². The number of carbonyl (C=O) groups excluding carboxylic acids is 2. The summed E-state index contributed by atoms with van der Waals surface area (Å²) in [5, 5.41) is 6.98. The monoisotopic (exact) mass is 322 g/mol. The fraction of sp³-hybridized carbons (Fsp3) is 0.688. The third-order valence-electron chi connectivity index (χ3n) is 4.61. The Balaban J connectivity index is 1.83. The summed E-state index contributed by atoms with van der Waals surface area (Å²) < 4.78 is 7.43. The van der Waals surface area contributed by atoms with Gasteiger partial charge < -0.3 is 15.0 Å². The van der Waals surface area contributed by atoms with Gasteiger partial charge in [0.15, 0.2) is 0 Å². The van der Waals surface area contributed by atoms with E-state index in [-0.39, 0.29) is 11.8 Å². The SMILES string of the molecule is CO[C@@]1(CCC(=O)NCc2ccnn2C)CCCN(C(C)=O)C1. The summed E-state index contributed by atoms with van der Waals surface area (Å²) >= 11 is 0. The minimum atomic E-state index is -0.409. The number of carbonyl (C=O) groups is 2. The predicted molar refractivity (Wildman–Crippen MR) is 85.5 cm³/mol. The smallest absolute Gasteiger partial charge is 0.220 e. The van der Waals surface area contributed by atoms with E-state index in [0.29, 0.717) is 25.9 Å². The van der Waals surface area contributed by atoms with Crippen molar-refractivity contribution in [3.8, 4) is 0 Å². The number of nitrogens with zero attached hydrogens (tertiary/aromatic N) is 3. The first-order chi connectivity index (χ1) is 11.0. The molecular weight excluding hydrogens is 296 g/mol. The van der Waals surface area contributed by atoms with Gasteiger partial charge in [0.2, 0.25) is 11.8 Å². The van der Waals surface area contributed by atoms with E-state index < -0.39 is 5.60 Å². The van der Waals surface area contributed by atoms with E-state index in [1.807, 2.05) is 13.1 Å². The summed E-state index contributed by atoms with van der Waals surface area (Å²) in [6, 6.07) is 1.88. The maximum absolute atomic E-state index is 12.1. The van der Waals surface area contributed by atoms with Gasteiger partial charge >= 0.3 is 0 Å². The Kier molecular flexibility index (Phi) is 5.76. The Morgan fingerprint density at radius 3 is 2.87 bits per heavy atom. The van der Waals surface area contributed by atoms with Crippen LogP contribution < -0.4 is 5.32 Å². The first-order valence-electron chi connectivity index (χ1n) is 8.00. The molecule has 0 bridgehead atoms. The fourth-order valence-electron chi connectivity index (χ4n) is 3.03. The Morgan fingerprint density at radius 2 is 2.26 bits per heavy atom. The Hall–Kier alpha value is -1.89. The van der Waals surface area contributed by atoms with Gasteiger partial charge in [-0.1, -0.05) is 0 Å². The zero-order valence-electron chi connectivity index (χ0n) is 14.2. The van der Waals surface area contributed by atoms with Crippen LogP contribution in [0.25, 0.3) is 0 Å². The topological polar surface area (TPSA) is 76.5 Å². The van der Waals surface area contributed by atoms with Crippen LogP contribution in [-0.2, 0) is 27.9 Å². The van der Waals surface area contributed by atoms with Crippen molar-refractivity contribution < 1.29 is 14.3 Å². The van der Waals surface area contributed by atoms with Gasteiger partial charge in [-0.25, -0.2) is 0 Å². The molecule has 1 aliphatic heterocycles. The summed E-state index contributed by atoms with van der Waals surface area (Å²) in [4.78, 5) is 25.5. The molecule has 0 unspecified atom stereocenters. The number of aromatic nitrogens is 2. The van der Waals surface area contributed by atoms with Crippen LogP contribution in [0, 0.1) is 0 Å². The van der Waals surface area contributed by atoms with Crippen LogP contribution in [0.1, 0.15) is 38.3 Å². The Bertz CT molecular complexity index is 557. The van der Waals surface area contributed by atoms with E-state index in [1.54, 1.807) is 29.8 Å². The maximum atomic E-state index is 12.1. The van der Waals surface area contributed by atoms with Gasteiger partial charge in [-0.2, -0.15) is 5.10 Å². The van der Waals surface area contributed by atoms with Crippen LogP contribution in [0.3, 0.4) is 0 Å². The van der Waals surface area contributed by atoms with Crippen molar-refractivity contribution in [2.75, 3.05) is 20.2 Å². The van der Waals surface area contributed by atoms with Crippen LogP contribution in [0.2, 0.25) is 0 Å². The van der Waals surface area contributed by atoms with Gasteiger partial charge in [0, 0.05) is 46.8 Å². The number of ether oxygens (including phenoxy) is 1. The minimum Gasteiger partial charge on any atom is -0.376 e. The highest BCUT2D eigenvalue weighted by Crippen LogP contribution is 2.29. The number of hydrogen-bond donors (Lipinski definition) is 1. The van der Waals surface area contributed by atoms with Gasteiger partial charge in [-0.3, -0.25) is 14.3 Å². The molecule has 128 valence electrons. The number of likely N-dealkylation sites (tertiary alicyclic amines) is 1. The number of piperidine rings is 1. The maximum Gasteiger partial charge on any atom is 0.220 e. The molecule has 1 aromatic rings. The third kappa shape index (κ3) is 4.54. The Labute approximate surface area is 137 Å². The number of hydrogen-bond acceptors (Lipinski definition) is 4. The number of aryl methyl sites for hydroxylation is 1. The number of methoxy groups -OCH3 is 1. The lowest BCUT2D eigenvalue weighted by molar-refractivity contribution is -0.139. The molecule has 0 spiro atoms. The molecule has 0 radical (unpaired) electrons. The molecule has 2 heterocycles. The van der Waals surface area contributed by atoms with E-state index in [1.165, 1.54) is 0 Å². The van der Waals surface area contributed by atoms with Crippen molar-refractivity contribution in [2.24, 2.45) is 7.05 Å². The van der Waals surface area contributed by atoms with Gasteiger partial charge in [-0.05, 0) is 25.3 Å². The van der Waals surface area contributed by atoms with Crippen LogP contribution in [-0.4, -0.2) is 52.3 Å². The molecule has 1 fully saturated rings. The molecule has 1 atom stereocenters. The van der Waals surface area contributed by atoms with Crippen LogP contribution in [0.5, 0.6) is 0 Å². The van der Waals surface area contributed by atoms with Gasteiger partial charge in [0.1, 0.15) is 0 Å². The molecule has 0 saturated carbocycles. The van der Waals surface area contributed by atoms with Crippen molar-refractivity contribution in [1.29, 1.82) is 0 Å². The molecule has 1 N–H and O–H groups in total. The van der Waals surface area contributed by atoms with Crippen LogP contribution >= 0.6 is 0 Å². The second-order valence-electron chi connectivity index (χ2n) is 6.15. The first kappa shape index (κ1) is 17.5. The van der Waals surface area contributed by atoms with Gasteiger partial charge in [-0.15, -0.1) is 0 Å².